The molecule has 1 amide bonds. The summed E-state index contributed by atoms with van der Waals surface area (Å²) in [5, 5.41) is 11.5. The predicted molar refractivity (Wildman–Crippen MR) is 74.4 cm³/mol. The molecule has 3 nitrogen and oxygen atoms in total. The summed E-state index contributed by atoms with van der Waals surface area (Å²) in [4.78, 5) is 12.0. The molecule has 1 aliphatic heterocycles. The van der Waals surface area contributed by atoms with Crippen molar-refractivity contribution in [3.05, 3.63) is 29.6 Å². The second-order valence-electron chi connectivity index (χ2n) is 4.20. The van der Waals surface area contributed by atoms with E-state index in [1.54, 1.807) is 11.8 Å². The summed E-state index contributed by atoms with van der Waals surface area (Å²) in [7, 11) is 0. The molecule has 1 fully saturated rings. The number of carbonyl (C=O) groups is 1. The molecule has 0 aromatic heterocycles. The molecule has 1 aromatic carbocycles. The van der Waals surface area contributed by atoms with Crippen LogP contribution in [0, 0.1) is 23.6 Å². The standard InChI is InChI=1S/C14H14FNO2S/c15-12-3-4-13(10(8-12)2-1-6-17)16-14(18)11-5-7-19-9-11/h3-4,8,11,17H,5-7,9H2,(H,16,18). The maximum atomic E-state index is 13.2. The molecule has 1 aromatic rings. The number of thioether (sulfide) groups is 1. The average molecular weight is 279 g/mol. The van der Waals surface area contributed by atoms with Gasteiger partial charge in [0.2, 0.25) is 5.91 Å². The molecule has 1 aliphatic rings. The molecule has 5 heteroatoms. The molecule has 100 valence electrons. The maximum absolute atomic E-state index is 13.2. The number of halogens is 1. The summed E-state index contributed by atoms with van der Waals surface area (Å²) in [5.41, 5.74) is 0.872. The van der Waals surface area contributed by atoms with E-state index in [-0.39, 0.29) is 18.4 Å². The second-order valence-corrected chi connectivity index (χ2v) is 5.35. The lowest BCUT2D eigenvalue weighted by atomic mass is 10.1. The Morgan fingerprint density at radius 3 is 3.11 bits per heavy atom. The van der Waals surface area contributed by atoms with Crippen molar-refractivity contribution in [3.63, 3.8) is 0 Å². The Labute approximate surface area is 115 Å². The largest absolute Gasteiger partial charge is 0.384 e. The summed E-state index contributed by atoms with van der Waals surface area (Å²) < 4.78 is 13.2. The molecule has 1 atom stereocenters. The third-order valence-corrected chi connectivity index (χ3v) is 4.00. The number of amides is 1. The summed E-state index contributed by atoms with van der Waals surface area (Å²) in [6.07, 6.45) is 0.870. The fourth-order valence-corrected chi connectivity index (χ4v) is 3.06. The van der Waals surface area contributed by atoms with Crippen LogP contribution >= 0.6 is 11.8 Å². The molecule has 2 N–H and O–H groups in total. The van der Waals surface area contributed by atoms with Crippen molar-refractivity contribution in [2.75, 3.05) is 23.4 Å². The first-order valence-corrected chi connectivity index (χ1v) is 7.14. The number of hydrogen-bond donors (Lipinski definition) is 2. The van der Waals surface area contributed by atoms with Gasteiger partial charge in [0, 0.05) is 11.7 Å². The number of rotatable bonds is 2. The Morgan fingerprint density at radius 2 is 2.42 bits per heavy atom. The number of anilines is 1. The van der Waals surface area contributed by atoms with Crippen molar-refractivity contribution < 1.29 is 14.3 Å². The molecule has 0 aliphatic carbocycles. The van der Waals surface area contributed by atoms with Crippen LogP contribution in [0.1, 0.15) is 12.0 Å². The fourth-order valence-electron chi connectivity index (χ4n) is 1.84. The maximum Gasteiger partial charge on any atom is 0.228 e. The highest BCUT2D eigenvalue weighted by Crippen LogP contribution is 2.25. The van der Waals surface area contributed by atoms with E-state index >= 15 is 0 Å². The van der Waals surface area contributed by atoms with Crippen molar-refractivity contribution in [1.29, 1.82) is 0 Å². The van der Waals surface area contributed by atoms with Crippen LogP contribution in [0.3, 0.4) is 0 Å². The average Bonchev–Trinajstić information content (AvgIpc) is 2.93. The summed E-state index contributed by atoms with van der Waals surface area (Å²) in [5.74, 6) is 6.46. The van der Waals surface area contributed by atoms with Gasteiger partial charge in [0.1, 0.15) is 12.4 Å². The molecule has 1 unspecified atom stereocenters. The minimum absolute atomic E-state index is 0.00806. The van der Waals surface area contributed by atoms with Gasteiger partial charge < -0.3 is 10.4 Å². The first-order valence-electron chi connectivity index (χ1n) is 5.98. The highest BCUT2D eigenvalue weighted by molar-refractivity contribution is 7.99. The van der Waals surface area contributed by atoms with Gasteiger partial charge in [0.15, 0.2) is 0 Å². The van der Waals surface area contributed by atoms with Gasteiger partial charge in [0.25, 0.3) is 0 Å². The molecule has 2 rings (SSSR count). The van der Waals surface area contributed by atoms with Crippen molar-refractivity contribution in [2.45, 2.75) is 6.42 Å². The zero-order valence-corrected chi connectivity index (χ0v) is 11.1. The van der Waals surface area contributed by atoms with Crippen molar-refractivity contribution in [1.82, 2.24) is 0 Å². The third-order valence-electron chi connectivity index (χ3n) is 2.84. The molecule has 19 heavy (non-hydrogen) atoms. The number of carbonyl (C=O) groups excluding carboxylic acids is 1. The van der Waals surface area contributed by atoms with Crippen LogP contribution in [0.4, 0.5) is 10.1 Å². The van der Waals surface area contributed by atoms with Crippen LogP contribution in [0.15, 0.2) is 18.2 Å². The third kappa shape index (κ3) is 3.72. The Morgan fingerprint density at radius 1 is 1.58 bits per heavy atom. The van der Waals surface area contributed by atoms with Crippen LogP contribution < -0.4 is 5.32 Å². The van der Waals surface area contributed by atoms with Gasteiger partial charge in [0.05, 0.1) is 11.3 Å². The minimum atomic E-state index is -0.420. The number of aliphatic hydroxyl groups excluding tert-OH is 1. The Balaban J connectivity index is 2.16. The number of aliphatic hydroxyl groups is 1. The summed E-state index contributed by atoms with van der Waals surface area (Å²) >= 11 is 1.76. The molecule has 0 radical (unpaired) electrons. The Kier molecular flexibility index (Phi) is 4.83. The van der Waals surface area contributed by atoms with E-state index < -0.39 is 5.82 Å². The molecule has 0 spiro atoms. The Bertz CT molecular complexity index is 530. The highest BCUT2D eigenvalue weighted by Gasteiger charge is 2.23. The van der Waals surface area contributed by atoms with E-state index in [4.69, 9.17) is 5.11 Å². The van der Waals surface area contributed by atoms with Crippen LogP contribution in [-0.2, 0) is 4.79 Å². The van der Waals surface area contributed by atoms with Gasteiger partial charge >= 0.3 is 0 Å². The predicted octanol–water partition coefficient (Wildman–Crippen LogP) is 1.86. The lowest BCUT2D eigenvalue weighted by Gasteiger charge is -2.11. The topological polar surface area (TPSA) is 49.3 Å². The summed E-state index contributed by atoms with van der Waals surface area (Å²) in [6, 6.07) is 4.03. The van der Waals surface area contributed by atoms with Crippen LogP contribution in [0.5, 0.6) is 0 Å². The second kappa shape index (κ2) is 6.60. The number of benzene rings is 1. The molecule has 1 heterocycles. The van der Waals surface area contributed by atoms with Crippen LogP contribution in [0.25, 0.3) is 0 Å². The first-order chi connectivity index (χ1) is 9.20. The zero-order valence-electron chi connectivity index (χ0n) is 10.3. The minimum Gasteiger partial charge on any atom is -0.384 e. The quantitative estimate of drug-likeness (QED) is 0.812. The number of nitrogens with one attached hydrogen (secondary N) is 1. The fraction of sp³-hybridized carbons (Fsp3) is 0.357. The van der Waals surface area contributed by atoms with E-state index in [0.29, 0.717) is 11.3 Å². The van der Waals surface area contributed by atoms with Gasteiger partial charge in [-0.2, -0.15) is 11.8 Å². The van der Waals surface area contributed by atoms with E-state index in [0.717, 1.165) is 17.9 Å². The lowest BCUT2D eigenvalue weighted by molar-refractivity contribution is -0.119. The van der Waals surface area contributed by atoms with Crippen LogP contribution in [0.2, 0.25) is 0 Å². The molecular weight excluding hydrogens is 265 g/mol. The van der Waals surface area contributed by atoms with Gasteiger partial charge in [-0.15, -0.1) is 0 Å². The lowest BCUT2D eigenvalue weighted by Crippen LogP contribution is -2.22. The van der Waals surface area contributed by atoms with Gasteiger partial charge in [-0.3, -0.25) is 4.79 Å². The van der Waals surface area contributed by atoms with Crippen molar-refractivity contribution in [3.8, 4) is 11.8 Å². The molecule has 0 bridgehead atoms. The van der Waals surface area contributed by atoms with E-state index in [2.05, 4.69) is 17.2 Å². The van der Waals surface area contributed by atoms with E-state index in [9.17, 15) is 9.18 Å². The van der Waals surface area contributed by atoms with Crippen molar-refractivity contribution in [2.24, 2.45) is 5.92 Å². The van der Waals surface area contributed by atoms with Gasteiger partial charge in [-0.05, 0) is 30.4 Å². The molecule has 1 saturated heterocycles. The monoisotopic (exact) mass is 279 g/mol. The highest BCUT2D eigenvalue weighted by atomic mass is 32.2. The van der Waals surface area contributed by atoms with Gasteiger partial charge in [-0.1, -0.05) is 11.8 Å². The first kappa shape index (κ1) is 13.9. The normalized spacial score (nSPS) is 17.7. The van der Waals surface area contributed by atoms with E-state index in [1.165, 1.54) is 18.2 Å². The van der Waals surface area contributed by atoms with E-state index in [1.807, 2.05) is 0 Å². The number of hydrogen-bond acceptors (Lipinski definition) is 3. The van der Waals surface area contributed by atoms with Crippen molar-refractivity contribution >= 4 is 23.4 Å². The zero-order chi connectivity index (χ0) is 13.7. The van der Waals surface area contributed by atoms with Gasteiger partial charge in [-0.25, -0.2) is 4.39 Å². The molecule has 0 saturated carbocycles. The Hall–Kier alpha value is -1.51. The van der Waals surface area contributed by atoms with Crippen LogP contribution in [-0.4, -0.2) is 29.1 Å². The molecular formula is C14H14FNO2S. The smallest absolute Gasteiger partial charge is 0.228 e. The SMILES string of the molecule is O=C(Nc1ccc(F)cc1C#CCO)C1CCSC1. The summed E-state index contributed by atoms with van der Waals surface area (Å²) in [6.45, 7) is -0.302.